The molecule has 0 bridgehead atoms. The van der Waals surface area contributed by atoms with Crippen molar-refractivity contribution in [3.63, 3.8) is 0 Å². The molecule has 6 rings (SSSR count). The molecule has 202 valence electrons. The Labute approximate surface area is 227 Å². The van der Waals surface area contributed by atoms with E-state index in [1.54, 1.807) is 11.3 Å². The molecular weight excluding hydrogens is 526 g/mol. The highest BCUT2D eigenvalue weighted by Crippen LogP contribution is 2.36. The van der Waals surface area contributed by atoms with Gasteiger partial charge in [-0.2, -0.15) is 5.10 Å². The number of fused-ring (bicyclic) bond motifs is 2. The predicted octanol–water partition coefficient (Wildman–Crippen LogP) is 2.38. The number of anilines is 1. The summed E-state index contributed by atoms with van der Waals surface area (Å²) in [6, 6.07) is 8.11. The molecule has 1 aromatic carbocycles. The van der Waals surface area contributed by atoms with Gasteiger partial charge in [0.25, 0.3) is 0 Å². The van der Waals surface area contributed by atoms with Gasteiger partial charge >= 0.3 is 0 Å². The van der Waals surface area contributed by atoms with Gasteiger partial charge in [0, 0.05) is 61.6 Å². The third kappa shape index (κ3) is 5.73. The fourth-order valence-electron chi connectivity index (χ4n) is 4.99. The van der Waals surface area contributed by atoms with Crippen molar-refractivity contribution in [1.29, 1.82) is 0 Å². The first-order chi connectivity index (χ1) is 18.6. The molecule has 3 aromatic heterocycles. The summed E-state index contributed by atoms with van der Waals surface area (Å²) in [6.07, 6.45) is 1.81. The van der Waals surface area contributed by atoms with Gasteiger partial charge in [-0.15, -0.1) is 11.3 Å². The molecule has 1 unspecified atom stereocenters. The lowest BCUT2D eigenvalue weighted by Crippen LogP contribution is -2.41. The zero-order valence-corrected chi connectivity index (χ0v) is 22.7. The Kier molecular flexibility index (Phi) is 7.92. The molecule has 2 fully saturated rings. The maximum atomic E-state index is 11.8. The number of rotatable bonds is 9. The van der Waals surface area contributed by atoms with Crippen LogP contribution < -0.4 is 4.90 Å². The average Bonchev–Trinajstić information content (AvgIpc) is 3.58. The van der Waals surface area contributed by atoms with Gasteiger partial charge in [-0.3, -0.25) is 14.9 Å². The molecule has 0 spiro atoms. The van der Waals surface area contributed by atoms with Gasteiger partial charge in [-0.25, -0.2) is 14.2 Å². The van der Waals surface area contributed by atoms with Gasteiger partial charge in [-0.1, -0.05) is 12.1 Å². The number of aromatic nitrogens is 4. The summed E-state index contributed by atoms with van der Waals surface area (Å²) in [6.45, 7) is 8.23. The molecule has 0 aliphatic carbocycles. The number of hydrogen-bond donors (Lipinski definition) is 2. The van der Waals surface area contributed by atoms with Gasteiger partial charge in [-0.05, 0) is 12.1 Å². The van der Waals surface area contributed by atoms with Crippen molar-refractivity contribution in [2.45, 2.75) is 6.54 Å². The third-order valence-electron chi connectivity index (χ3n) is 6.95. The van der Waals surface area contributed by atoms with Crippen LogP contribution in [0.4, 0.5) is 5.82 Å². The van der Waals surface area contributed by atoms with E-state index in [1.807, 2.05) is 29.3 Å². The summed E-state index contributed by atoms with van der Waals surface area (Å²) in [5.74, 6) is 1.68. The number of nitrogens with zero attached hydrogens (tertiary/aromatic N) is 6. The van der Waals surface area contributed by atoms with Gasteiger partial charge in [0.15, 0.2) is 22.7 Å². The molecule has 0 radical (unpaired) electrons. The summed E-state index contributed by atoms with van der Waals surface area (Å²) in [7, 11) is 0. The molecule has 2 N–H and O–H groups in total. The molecule has 2 saturated heterocycles. The van der Waals surface area contributed by atoms with Crippen LogP contribution >= 0.6 is 11.3 Å². The highest BCUT2D eigenvalue weighted by molar-refractivity contribution is 7.79. The van der Waals surface area contributed by atoms with Crippen molar-refractivity contribution < 1.29 is 18.2 Å². The molecule has 38 heavy (non-hydrogen) atoms. The molecule has 0 amide bonds. The van der Waals surface area contributed by atoms with E-state index < -0.39 is 11.1 Å². The van der Waals surface area contributed by atoms with Gasteiger partial charge in [0.2, 0.25) is 0 Å². The number of thiophene rings is 1. The topological polar surface area (TPSA) is 120 Å². The van der Waals surface area contributed by atoms with Crippen LogP contribution in [-0.4, -0.2) is 110 Å². The van der Waals surface area contributed by atoms with Crippen LogP contribution in [0, 0.1) is 0 Å². The van der Waals surface area contributed by atoms with Crippen molar-refractivity contribution >= 4 is 49.4 Å². The summed E-state index contributed by atoms with van der Waals surface area (Å²) in [5, 5.41) is 8.22. The quantitative estimate of drug-likeness (QED) is 0.297. The van der Waals surface area contributed by atoms with Gasteiger partial charge < -0.3 is 18.9 Å². The van der Waals surface area contributed by atoms with E-state index in [0.29, 0.717) is 32.1 Å². The molecule has 5 heterocycles. The second kappa shape index (κ2) is 11.7. The van der Waals surface area contributed by atoms with Gasteiger partial charge in [0.1, 0.15) is 5.88 Å². The Morgan fingerprint density at radius 1 is 1.11 bits per heavy atom. The second-order valence-electron chi connectivity index (χ2n) is 9.49. The van der Waals surface area contributed by atoms with Crippen molar-refractivity contribution in [2.24, 2.45) is 0 Å². The fourth-order valence-corrected chi connectivity index (χ4v) is 6.68. The maximum absolute atomic E-state index is 11.8. The number of aromatic amines is 1. The number of ether oxygens (including phenoxy) is 2. The minimum atomic E-state index is -1.91. The molecule has 13 heteroatoms. The third-order valence-corrected chi connectivity index (χ3v) is 8.64. The van der Waals surface area contributed by atoms with Crippen molar-refractivity contribution in [3.05, 3.63) is 35.3 Å². The number of benzene rings is 1. The number of nitrogens with one attached hydrogen (secondary N) is 1. The Hall–Kier alpha value is -2.52. The smallest absolute Gasteiger partial charge is 0.167 e. The largest absolute Gasteiger partial charge is 0.379 e. The minimum absolute atomic E-state index is 0.105. The maximum Gasteiger partial charge on any atom is 0.167 e. The Balaban J connectivity index is 1.33. The van der Waals surface area contributed by atoms with Crippen molar-refractivity contribution in [1.82, 2.24) is 30.0 Å². The summed E-state index contributed by atoms with van der Waals surface area (Å²) >= 11 is -0.250. The number of morpholine rings is 2. The summed E-state index contributed by atoms with van der Waals surface area (Å²) < 4.78 is 33.5. The van der Waals surface area contributed by atoms with Gasteiger partial charge in [0.05, 0.1) is 48.4 Å². The molecular formula is C25H31N7O4S2. The lowest BCUT2D eigenvalue weighted by Gasteiger charge is -2.29. The second-order valence-corrected chi connectivity index (χ2v) is 11.5. The van der Waals surface area contributed by atoms with E-state index in [9.17, 15) is 8.76 Å². The number of H-pyrrole nitrogens is 1. The SMILES string of the molecule is O=S(O)CN(CCN1CCOCC1)Cc1cc2nc(-c3cccc4[nH]ncc34)nc(N3CCOCC3)c2s1. The Bertz CT molecular complexity index is 1420. The highest BCUT2D eigenvalue weighted by atomic mass is 32.2. The van der Waals surface area contributed by atoms with Crippen LogP contribution in [0.15, 0.2) is 30.5 Å². The first-order valence-corrected chi connectivity index (χ1v) is 14.9. The lowest BCUT2D eigenvalue weighted by molar-refractivity contribution is 0.0338. The zero-order chi connectivity index (χ0) is 25.9. The van der Waals surface area contributed by atoms with Crippen LogP contribution in [0.3, 0.4) is 0 Å². The average molecular weight is 558 g/mol. The molecule has 2 aliphatic heterocycles. The molecule has 11 nitrogen and oxygen atoms in total. The van der Waals surface area contributed by atoms with E-state index in [4.69, 9.17) is 19.4 Å². The lowest BCUT2D eigenvalue weighted by atomic mass is 10.1. The molecule has 0 saturated carbocycles. The summed E-state index contributed by atoms with van der Waals surface area (Å²) in [5.41, 5.74) is 2.76. The monoisotopic (exact) mass is 557 g/mol. The predicted molar refractivity (Wildman–Crippen MR) is 149 cm³/mol. The van der Waals surface area contributed by atoms with Crippen LogP contribution in [0.5, 0.6) is 0 Å². The van der Waals surface area contributed by atoms with E-state index >= 15 is 0 Å². The van der Waals surface area contributed by atoms with Crippen LogP contribution in [0.1, 0.15) is 4.88 Å². The Morgan fingerprint density at radius 3 is 2.68 bits per heavy atom. The normalized spacial score (nSPS) is 18.1. The van der Waals surface area contributed by atoms with Crippen LogP contribution in [0.25, 0.3) is 32.5 Å². The molecule has 4 aromatic rings. The van der Waals surface area contributed by atoms with E-state index in [2.05, 4.69) is 26.1 Å². The van der Waals surface area contributed by atoms with Crippen molar-refractivity contribution in [3.8, 4) is 11.4 Å². The Morgan fingerprint density at radius 2 is 1.89 bits per heavy atom. The van der Waals surface area contributed by atoms with Crippen LogP contribution in [0.2, 0.25) is 0 Å². The molecule has 1 atom stereocenters. The standard InChI is InChI=1S/C25H31N7O4S2/c33-38(34)17-31(5-4-30-6-10-35-11-7-30)16-18-14-22-23(37-18)25(32-8-12-36-13-9-32)28-24(27-22)19-2-1-3-21-20(19)15-26-29-21/h1-3,14-15H,4-13,16-17H2,(H,26,29)(H,33,34). The highest BCUT2D eigenvalue weighted by Gasteiger charge is 2.22. The summed E-state index contributed by atoms with van der Waals surface area (Å²) in [4.78, 5) is 17.8. The fraction of sp³-hybridized carbons (Fsp3) is 0.480. The first-order valence-electron chi connectivity index (χ1n) is 12.8. The van der Waals surface area contributed by atoms with E-state index in [0.717, 1.165) is 83.3 Å². The van der Waals surface area contributed by atoms with Crippen molar-refractivity contribution in [2.75, 3.05) is 76.5 Å². The minimum Gasteiger partial charge on any atom is -0.379 e. The zero-order valence-electron chi connectivity index (χ0n) is 21.0. The number of hydrogen-bond acceptors (Lipinski definition) is 10. The van der Waals surface area contributed by atoms with E-state index in [-0.39, 0.29) is 5.88 Å². The van der Waals surface area contributed by atoms with E-state index in [1.165, 1.54) is 0 Å². The molecule has 2 aliphatic rings. The van der Waals surface area contributed by atoms with Crippen LogP contribution in [-0.2, 0) is 27.1 Å². The first kappa shape index (κ1) is 25.7.